The number of aliphatic hydroxyl groups excluding tert-OH is 1. The molecule has 25 heavy (non-hydrogen) atoms. The van der Waals surface area contributed by atoms with Gasteiger partial charge in [-0.15, -0.1) is 0 Å². The highest BCUT2D eigenvalue weighted by atomic mass is 16.3. The summed E-state index contributed by atoms with van der Waals surface area (Å²) >= 11 is 0. The predicted molar refractivity (Wildman–Crippen MR) is 90.7 cm³/mol. The molecule has 3 rings (SSSR count). The Hall–Kier alpha value is -2.80. The maximum absolute atomic E-state index is 12.5. The van der Waals surface area contributed by atoms with Gasteiger partial charge in [0.2, 0.25) is 5.91 Å². The smallest absolute Gasteiger partial charge is 0.257 e. The first-order valence-corrected chi connectivity index (χ1v) is 8.17. The molecule has 2 heterocycles. The normalized spacial score (nSPS) is 18.1. The first-order valence-electron chi connectivity index (χ1n) is 8.17. The van der Waals surface area contributed by atoms with Crippen molar-refractivity contribution in [1.29, 1.82) is 0 Å². The van der Waals surface area contributed by atoms with Crippen LogP contribution in [0.15, 0.2) is 49.1 Å². The van der Waals surface area contributed by atoms with Crippen molar-refractivity contribution in [3.8, 4) is 0 Å². The van der Waals surface area contributed by atoms with Crippen LogP contribution in [0, 0.1) is 0 Å². The molecule has 0 aliphatic carbocycles. The second-order valence-electron chi connectivity index (χ2n) is 6.04. The summed E-state index contributed by atoms with van der Waals surface area (Å²) < 4.78 is 0. The van der Waals surface area contributed by atoms with Crippen molar-refractivity contribution in [1.82, 2.24) is 19.8 Å². The Morgan fingerprint density at radius 3 is 2.60 bits per heavy atom. The van der Waals surface area contributed by atoms with Crippen molar-refractivity contribution in [2.45, 2.75) is 12.5 Å². The minimum atomic E-state index is -0.782. The Kier molecular flexibility index (Phi) is 5.35. The van der Waals surface area contributed by atoms with Crippen molar-refractivity contribution in [2.75, 3.05) is 26.2 Å². The van der Waals surface area contributed by atoms with E-state index in [-0.39, 0.29) is 31.4 Å². The average molecular weight is 340 g/mol. The first kappa shape index (κ1) is 17.0. The molecule has 0 saturated carbocycles. The number of hydrogen-bond acceptors (Lipinski definition) is 5. The highest BCUT2D eigenvalue weighted by molar-refractivity contribution is 5.96. The van der Waals surface area contributed by atoms with Crippen molar-refractivity contribution >= 4 is 11.8 Å². The number of β-amino-alcohol motifs (C(OH)–C–C–N with tert-alkyl or cyclic N) is 1. The summed E-state index contributed by atoms with van der Waals surface area (Å²) in [6.07, 6.45) is 4.08. The summed E-state index contributed by atoms with van der Waals surface area (Å²) in [4.78, 5) is 35.6. The van der Waals surface area contributed by atoms with Gasteiger partial charge in [0, 0.05) is 32.0 Å². The van der Waals surface area contributed by atoms with E-state index in [1.807, 2.05) is 30.3 Å². The third-order valence-corrected chi connectivity index (χ3v) is 4.15. The number of nitrogens with zero attached hydrogens (tertiary/aromatic N) is 4. The van der Waals surface area contributed by atoms with E-state index in [9.17, 15) is 14.7 Å². The van der Waals surface area contributed by atoms with Crippen LogP contribution < -0.4 is 0 Å². The molecule has 7 nitrogen and oxygen atoms in total. The molecule has 7 heteroatoms. The van der Waals surface area contributed by atoms with E-state index >= 15 is 0 Å². The Morgan fingerprint density at radius 1 is 1.16 bits per heavy atom. The van der Waals surface area contributed by atoms with E-state index in [1.165, 1.54) is 23.6 Å². The largest absolute Gasteiger partial charge is 0.389 e. The summed E-state index contributed by atoms with van der Waals surface area (Å²) in [5.41, 5.74) is 1.43. The van der Waals surface area contributed by atoms with Crippen LogP contribution in [0.1, 0.15) is 15.9 Å². The molecule has 1 saturated heterocycles. The number of amides is 2. The zero-order valence-electron chi connectivity index (χ0n) is 13.8. The summed E-state index contributed by atoms with van der Waals surface area (Å²) in [6.45, 7) is 0.790. The molecular formula is C18H20N4O3. The van der Waals surface area contributed by atoms with E-state index in [0.29, 0.717) is 18.5 Å². The van der Waals surface area contributed by atoms with E-state index in [1.54, 1.807) is 4.90 Å². The lowest BCUT2D eigenvalue weighted by atomic mass is 10.1. The molecule has 2 amide bonds. The molecule has 1 aliphatic rings. The molecule has 1 aromatic heterocycles. The number of hydrogen-bond donors (Lipinski definition) is 1. The van der Waals surface area contributed by atoms with Gasteiger partial charge in [0.05, 0.1) is 11.7 Å². The minimum Gasteiger partial charge on any atom is -0.389 e. The van der Waals surface area contributed by atoms with Gasteiger partial charge in [0.25, 0.3) is 5.91 Å². The fourth-order valence-corrected chi connectivity index (χ4v) is 2.87. The van der Waals surface area contributed by atoms with E-state index in [4.69, 9.17) is 0 Å². The van der Waals surface area contributed by atoms with E-state index in [2.05, 4.69) is 9.97 Å². The molecule has 0 bridgehead atoms. The molecule has 130 valence electrons. The number of aliphatic hydroxyl groups is 1. The van der Waals surface area contributed by atoms with Gasteiger partial charge in [-0.1, -0.05) is 30.3 Å². The van der Waals surface area contributed by atoms with Crippen molar-refractivity contribution in [2.24, 2.45) is 0 Å². The van der Waals surface area contributed by atoms with Crippen LogP contribution in [0.5, 0.6) is 0 Å². The minimum absolute atomic E-state index is 0.0560. The summed E-state index contributed by atoms with van der Waals surface area (Å²) in [6, 6.07) is 9.86. The zero-order valence-corrected chi connectivity index (χ0v) is 13.8. The maximum atomic E-state index is 12.5. The highest BCUT2D eigenvalue weighted by Gasteiger charge is 2.29. The van der Waals surface area contributed by atoms with Crippen LogP contribution in [-0.2, 0) is 11.2 Å². The second-order valence-corrected chi connectivity index (χ2v) is 6.04. The maximum Gasteiger partial charge on any atom is 0.257 e. The number of aromatic nitrogens is 2. The van der Waals surface area contributed by atoms with E-state index < -0.39 is 6.10 Å². The topological polar surface area (TPSA) is 86.6 Å². The van der Waals surface area contributed by atoms with Gasteiger partial charge in [0.1, 0.15) is 12.9 Å². The van der Waals surface area contributed by atoms with Crippen LogP contribution in [0.25, 0.3) is 0 Å². The molecule has 1 fully saturated rings. The molecule has 1 aromatic carbocycles. The van der Waals surface area contributed by atoms with Crippen molar-refractivity contribution < 1.29 is 14.7 Å². The van der Waals surface area contributed by atoms with Gasteiger partial charge in [-0.05, 0) is 12.0 Å². The Bertz CT molecular complexity index is 724. The van der Waals surface area contributed by atoms with Gasteiger partial charge < -0.3 is 14.9 Å². The summed E-state index contributed by atoms with van der Waals surface area (Å²) in [5.74, 6) is -0.518. The number of carbonyl (C=O) groups is 2. The number of benzene rings is 1. The number of carbonyl (C=O) groups excluding carboxylic acids is 2. The van der Waals surface area contributed by atoms with Crippen LogP contribution in [0.2, 0.25) is 0 Å². The molecule has 1 aliphatic heterocycles. The van der Waals surface area contributed by atoms with Gasteiger partial charge >= 0.3 is 0 Å². The van der Waals surface area contributed by atoms with Gasteiger partial charge in [-0.2, -0.15) is 0 Å². The van der Waals surface area contributed by atoms with Crippen LogP contribution >= 0.6 is 0 Å². The van der Waals surface area contributed by atoms with Crippen LogP contribution in [0.4, 0.5) is 0 Å². The van der Waals surface area contributed by atoms with Crippen molar-refractivity contribution in [3.05, 3.63) is 60.2 Å². The van der Waals surface area contributed by atoms with Gasteiger partial charge in [0.15, 0.2) is 0 Å². The third kappa shape index (κ3) is 4.39. The summed E-state index contributed by atoms with van der Waals surface area (Å²) in [5, 5.41) is 10.2. The molecule has 0 radical (unpaired) electrons. The van der Waals surface area contributed by atoms with Crippen molar-refractivity contribution in [3.63, 3.8) is 0 Å². The highest BCUT2D eigenvalue weighted by Crippen LogP contribution is 2.11. The SMILES string of the molecule is O=C1CN(C(=O)c2cncnc2)CC(O)CN1CCc1ccccc1. The predicted octanol–water partition coefficient (Wildman–Crippen LogP) is 0.365. The Labute approximate surface area is 145 Å². The quantitative estimate of drug-likeness (QED) is 0.869. The Balaban J connectivity index is 1.66. The van der Waals surface area contributed by atoms with Crippen LogP contribution in [0.3, 0.4) is 0 Å². The van der Waals surface area contributed by atoms with E-state index in [0.717, 1.165) is 5.56 Å². The summed E-state index contributed by atoms with van der Waals surface area (Å²) in [7, 11) is 0. The fraction of sp³-hybridized carbons (Fsp3) is 0.333. The fourth-order valence-electron chi connectivity index (χ4n) is 2.87. The first-order chi connectivity index (χ1) is 12.1. The molecule has 1 N–H and O–H groups in total. The molecule has 0 spiro atoms. The lowest BCUT2D eigenvalue weighted by Crippen LogP contribution is -2.40. The monoisotopic (exact) mass is 340 g/mol. The van der Waals surface area contributed by atoms with Gasteiger partial charge in [-0.3, -0.25) is 9.59 Å². The molecule has 1 atom stereocenters. The van der Waals surface area contributed by atoms with Gasteiger partial charge in [-0.25, -0.2) is 9.97 Å². The lowest BCUT2D eigenvalue weighted by molar-refractivity contribution is -0.131. The zero-order chi connectivity index (χ0) is 17.6. The standard InChI is InChI=1S/C18H20N4O3/c23-16-10-21(7-6-14-4-2-1-3-5-14)17(24)12-22(11-16)18(25)15-8-19-13-20-9-15/h1-5,8-9,13,16,23H,6-7,10-12H2. The van der Waals surface area contributed by atoms with Crippen LogP contribution in [-0.4, -0.2) is 69.0 Å². The third-order valence-electron chi connectivity index (χ3n) is 4.15. The average Bonchev–Trinajstić information content (AvgIpc) is 2.79. The molecular weight excluding hydrogens is 320 g/mol. The Morgan fingerprint density at radius 2 is 1.88 bits per heavy atom. The molecule has 1 unspecified atom stereocenters. The molecule has 2 aromatic rings. The second kappa shape index (κ2) is 7.85. The number of rotatable bonds is 4. The lowest BCUT2D eigenvalue weighted by Gasteiger charge is -2.21.